The van der Waals surface area contributed by atoms with E-state index in [-0.39, 0.29) is 17.2 Å². The molecule has 0 atom stereocenters. The lowest BCUT2D eigenvalue weighted by atomic mass is 10.2. The Morgan fingerprint density at radius 1 is 0.796 bits per heavy atom. The molecule has 2 saturated carbocycles. The van der Waals surface area contributed by atoms with Gasteiger partial charge in [-0.05, 0) is 79.4 Å². The number of thiophene rings is 1. The average molecular weight is 779 g/mol. The summed E-state index contributed by atoms with van der Waals surface area (Å²) >= 11 is 7.29. The van der Waals surface area contributed by atoms with E-state index in [4.69, 9.17) is 25.8 Å². The van der Waals surface area contributed by atoms with Crippen molar-refractivity contribution in [3.63, 3.8) is 0 Å². The van der Waals surface area contributed by atoms with Gasteiger partial charge in [0.25, 0.3) is 0 Å². The quantitative estimate of drug-likeness (QED) is 0.0678. The highest BCUT2D eigenvalue weighted by Crippen LogP contribution is 2.37. The van der Waals surface area contributed by atoms with Crippen molar-refractivity contribution in [2.24, 2.45) is 0 Å². The van der Waals surface area contributed by atoms with Crippen molar-refractivity contribution < 1.29 is 38.2 Å². The molecule has 0 spiro atoms. The van der Waals surface area contributed by atoms with Gasteiger partial charge in [0.05, 0.1) is 41.2 Å². The summed E-state index contributed by atoms with van der Waals surface area (Å²) in [7, 11) is 1.32. The van der Waals surface area contributed by atoms with Crippen LogP contribution in [-0.2, 0) is 14.2 Å². The SMILES string of the molecule is CC(C)(C)OC(=O)N(c1cc(Cl)nc2c(C=O)cnn12)C1CC1.COC(=O)c1ccc(-c2cc(N(C(=O)OC(C)(C)C)C3CC3)n3ncc(C=O)c3n2)s1. The summed E-state index contributed by atoms with van der Waals surface area (Å²) in [5.41, 5.74) is 0.488. The number of rotatable bonds is 8. The smallest absolute Gasteiger partial charge is 0.416 e. The van der Waals surface area contributed by atoms with Crippen molar-refractivity contribution in [1.29, 1.82) is 0 Å². The summed E-state index contributed by atoms with van der Waals surface area (Å²) < 4.78 is 18.8. The third-order valence-electron chi connectivity index (χ3n) is 7.93. The lowest BCUT2D eigenvalue weighted by Crippen LogP contribution is -2.39. The molecule has 0 N–H and O–H groups in total. The summed E-state index contributed by atoms with van der Waals surface area (Å²) in [6.45, 7) is 10.8. The first kappa shape index (κ1) is 38.3. The number of aromatic nitrogens is 6. The van der Waals surface area contributed by atoms with Gasteiger partial charge in [0.2, 0.25) is 0 Å². The first-order valence-corrected chi connectivity index (χ1v) is 18.3. The van der Waals surface area contributed by atoms with Crippen LogP contribution in [0.2, 0.25) is 5.15 Å². The first-order valence-electron chi connectivity index (χ1n) is 17.1. The first-order chi connectivity index (χ1) is 25.5. The van der Waals surface area contributed by atoms with Gasteiger partial charge in [-0.3, -0.25) is 19.4 Å². The number of hydrogen-bond acceptors (Lipinski definition) is 13. The van der Waals surface area contributed by atoms with E-state index in [0.717, 1.165) is 25.7 Å². The van der Waals surface area contributed by atoms with Crippen LogP contribution in [0.1, 0.15) is 97.6 Å². The number of anilines is 2. The number of fused-ring (bicyclic) bond motifs is 2. The number of hydrogen-bond donors (Lipinski definition) is 0. The highest BCUT2D eigenvalue weighted by atomic mass is 35.5. The van der Waals surface area contributed by atoms with Gasteiger partial charge in [0.1, 0.15) is 32.9 Å². The number of aldehydes is 2. The molecular weight excluding hydrogens is 740 g/mol. The molecular formula is C36H39ClN8O8S. The highest BCUT2D eigenvalue weighted by Gasteiger charge is 2.40. The number of carbonyl (C=O) groups is 5. The van der Waals surface area contributed by atoms with Gasteiger partial charge in [-0.15, -0.1) is 11.3 Å². The van der Waals surface area contributed by atoms with Crippen molar-refractivity contribution in [1.82, 2.24) is 29.2 Å². The Kier molecular flexibility index (Phi) is 10.5. The maximum Gasteiger partial charge on any atom is 0.416 e. The predicted octanol–water partition coefficient (Wildman–Crippen LogP) is 7.06. The number of nitrogens with zero attached hydrogens (tertiary/aromatic N) is 8. The molecule has 0 saturated heterocycles. The number of methoxy groups -OCH3 is 1. The Labute approximate surface area is 319 Å². The van der Waals surface area contributed by atoms with Gasteiger partial charge in [-0.1, -0.05) is 11.6 Å². The molecule has 284 valence electrons. The molecule has 18 heteroatoms. The van der Waals surface area contributed by atoms with E-state index in [9.17, 15) is 24.0 Å². The fraction of sp³-hybridized carbons (Fsp3) is 0.417. The van der Waals surface area contributed by atoms with Gasteiger partial charge in [-0.25, -0.2) is 24.4 Å². The second-order valence-corrected chi connectivity index (χ2v) is 16.1. The zero-order chi connectivity index (χ0) is 39.1. The van der Waals surface area contributed by atoms with Crippen LogP contribution in [0.15, 0.2) is 36.7 Å². The zero-order valence-electron chi connectivity index (χ0n) is 30.7. The topological polar surface area (TPSA) is 180 Å². The molecule has 5 aromatic heterocycles. The number of esters is 1. The molecule has 0 aromatic carbocycles. The van der Waals surface area contributed by atoms with Crippen LogP contribution in [0.5, 0.6) is 0 Å². The molecule has 54 heavy (non-hydrogen) atoms. The largest absolute Gasteiger partial charge is 0.465 e. The number of halogens is 1. The maximum atomic E-state index is 13.1. The maximum absolute atomic E-state index is 13.1. The lowest BCUT2D eigenvalue weighted by Gasteiger charge is -2.27. The van der Waals surface area contributed by atoms with Crippen LogP contribution in [0.25, 0.3) is 21.9 Å². The third kappa shape index (κ3) is 8.36. The van der Waals surface area contributed by atoms with Crippen molar-refractivity contribution in [3.05, 3.63) is 57.8 Å². The molecule has 5 heterocycles. The predicted molar refractivity (Wildman–Crippen MR) is 200 cm³/mol. The summed E-state index contributed by atoms with van der Waals surface area (Å²) in [5, 5.41) is 8.62. The Morgan fingerprint density at radius 3 is 1.72 bits per heavy atom. The zero-order valence-corrected chi connectivity index (χ0v) is 32.3. The van der Waals surface area contributed by atoms with Gasteiger partial charge < -0.3 is 14.2 Å². The van der Waals surface area contributed by atoms with Crippen molar-refractivity contribution in [2.75, 3.05) is 16.9 Å². The Balaban J connectivity index is 0.000000193. The Bertz CT molecular complexity index is 2260. The molecule has 2 amide bonds. The van der Waals surface area contributed by atoms with Crippen LogP contribution in [0.4, 0.5) is 21.2 Å². The van der Waals surface area contributed by atoms with E-state index in [0.29, 0.717) is 62.1 Å². The molecule has 2 aliphatic rings. The molecule has 0 unspecified atom stereocenters. The molecule has 0 bridgehead atoms. The second kappa shape index (κ2) is 14.8. The highest BCUT2D eigenvalue weighted by molar-refractivity contribution is 7.17. The van der Waals surface area contributed by atoms with Crippen LogP contribution < -0.4 is 9.80 Å². The minimum absolute atomic E-state index is 0.0221. The molecule has 2 fully saturated rings. The Morgan fingerprint density at radius 2 is 1.28 bits per heavy atom. The molecule has 16 nitrogen and oxygen atoms in total. The summed E-state index contributed by atoms with van der Waals surface area (Å²) in [4.78, 5) is 73.1. The molecule has 0 radical (unpaired) electrons. The van der Waals surface area contributed by atoms with Gasteiger partial charge in [-0.2, -0.15) is 19.2 Å². The normalized spacial score (nSPS) is 14.2. The van der Waals surface area contributed by atoms with E-state index >= 15 is 0 Å². The van der Waals surface area contributed by atoms with Crippen LogP contribution in [0.3, 0.4) is 0 Å². The summed E-state index contributed by atoms with van der Waals surface area (Å²) in [5.74, 6) is 0.464. The minimum Gasteiger partial charge on any atom is -0.465 e. The van der Waals surface area contributed by atoms with Crippen molar-refractivity contribution in [2.45, 2.75) is 90.5 Å². The number of ether oxygens (including phenoxy) is 3. The van der Waals surface area contributed by atoms with E-state index in [2.05, 4.69) is 20.2 Å². The lowest BCUT2D eigenvalue weighted by molar-refractivity contribution is 0.0564. The summed E-state index contributed by atoms with van der Waals surface area (Å²) in [6.07, 6.45) is 6.62. The van der Waals surface area contributed by atoms with Gasteiger partial charge >= 0.3 is 18.2 Å². The van der Waals surface area contributed by atoms with E-state index in [1.54, 1.807) is 29.2 Å². The standard InChI is InChI=1S/C21H22N4O5S.C15H17ClN4O3/c1-21(2,3)30-20(28)24(13-5-6-13)17-9-14(15-7-8-16(31-15)19(27)29-4)23-18-12(11-26)10-22-25(17)18;1-15(2,3)23-14(22)19(10-4-5-10)12-6-11(16)18-13-9(8-21)7-17-20(12)13/h7-11,13H,5-6H2,1-4H3;6-8,10H,4-5H2,1-3H3. The van der Waals surface area contributed by atoms with Crippen LogP contribution in [0, 0.1) is 0 Å². The van der Waals surface area contributed by atoms with Crippen molar-refractivity contribution in [3.8, 4) is 10.6 Å². The minimum atomic E-state index is -0.666. The second-order valence-electron chi connectivity index (χ2n) is 14.7. The molecule has 7 rings (SSSR count). The van der Waals surface area contributed by atoms with Gasteiger partial charge in [0.15, 0.2) is 23.9 Å². The molecule has 0 aliphatic heterocycles. The number of amides is 2. The monoisotopic (exact) mass is 778 g/mol. The fourth-order valence-electron chi connectivity index (χ4n) is 5.37. The third-order valence-corrected chi connectivity index (χ3v) is 9.21. The molecule has 5 aromatic rings. The fourth-order valence-corrected chi connectivity index (χ4v) is 6.43. The van der Waals surface area contributed by atoms with E-state index in [1.807, 2.05) is 41.5 Å². The van der Waals surface area contributed by atoms with Crippen molar-refractivity contribution >= 4 is 76.6 Å². The van der Waals surface area contributed by atoms with E-state index in [1.165, 1.54) is 44.8 Å². The van der Waals surface area contributed by atoms with Crippen LogP contribution in [-0.4, -0.2) is 90.3 Å². The Hall–Kier alpha value is -5.42. The summed E-state index contributed by atoms with van der Waals surface area (Å²) in [6, 6.07) is 6.70. The molecule has 2 aliphatic carbocycles. The van der Waals surface area contributed by atoms with Gasteiger partial charge in [0, 0.05) is 24.2 Å². The number of carbonyl (C=O) groups excluding carboxylic acids is 5. The van der Waals surface area contributed by atoms with E-state index < -0.39 is 29.4 Å². The van der Waals surface area contributed by atoms with Crippen LogP contribution >= 0.6 is 22.9 Å². The average Bonchev–Trinajstić information content (AvgIpc) is 3.96.